The predicted molar refractivity (Wildman–Crippen MR) is 390 cm³/mol. The first-order valence-corrected chi connectivity index (χ1v) is 39.8. The number of aliphatic hydroxyl groups excluding tert-OH is 1. The van der Waals surface area contributed by atoms with Gasteiger partial charge in [-0.25, -0.2) is 9.13 Å². The van der Waals surface area contributed by atoms with Gasteiger partial charge in [-0.3, -0.25) is 37.3 Å². The van der Waals surface area contributed by atoms with Crippen LogP contribution in [0.2, 0.25) is 0 Å². The Labute approximate surface area is 581 Å². The third-order valence-corrected chi connectivity index (χ3v) is 16.8. The van der Waals surface area contributed by atoms with Crippen LogP contribution in [0.15, 0.2) is 122 Å². The summed E-state index contributed by atoms with van der Waals surface area (Å²) in [7, 11) is -9.97. The summed E-state index contributed by atoms with van der Waals surface area (Å²) >= 11 is 0. The first kappa shape index (κ1) is 91.5. The molecule has 0 saturated heterocycles. The molecule has 0 heterocycles. The number of ether oxygens (including phenoxy) is 4. The minimum absolute atomic E-state index is 0.0328. The number of aliphatic hydroxyl groups is 1. The number of carbonyl (C=O) groups is 4. The van der Waals surface area contributed by atoms with Crippen molar-refractivity contribution in [3.05, 3.63) is 122 Å². The molecule has 0 saturated carbocycles. The van der Waals surface area contributed by atoms with Crippen LogP contribution in [0.5, 0.6) is 0 Å². The lowest BCUT2D eigenvalue weighted by Crippen LogP contribution is -2.30. The Hall–Kier alpha value is -4.54. The average Bonchev–Trinajstić information content (AvgIpc) is 1.15. The van der Waals surface area contributed by atoms with Crippen LogP contribution < -0.4 is 0 Å². The lowest BCUT2D eigenvalue weighted by Gasteiger charge is -2.21. The van der Waals surface area contributed by atoms with Crippen molar-refractivity contribution in [1.82, 2.24) is 0 Å². The zero-order valence-corrected chi connectivity index (χ0v) is 61.5. The van der Waals surface area contributed by atoms with Gasteiger partial charge in [0.1, 0.15) is 19.3 Å². The van der Waals surface area contributed by atoms with Gasteiger partial charge in [-0.15, -0.1) is 0 Å². The van der Waals surface area contributed by atoms with E-state index in [4.69, 9.17) is 37.0 Å². The number of carbonyl (C=O) groups excluding carboxylic acids is 4. The molecule has 17 nitrogen and oxygen atoms in total. The smallest absolute Gasteiger partial charge is 0.462 e. The van der Waals surface area contributed by atoms with Gasteiger partial charge in [-0.2, -0.15) is 0 Å². The molecule has 0 aliphatic heterocycles. The van der Waals surface area contributed by atoms with Crippen LogP contribution in [0, 0.1) is 0 Å². The standard InChI is InChI=1S/C77H130O17P2/c1-5-9-13-17-21-25-29-31-33-34-35-36-38-40-44-46-50-54-58-62-75(80)88-68-73(94-77(82)64-60-56-52-48-42-28-24-20-16-12-8-4)70-92-96(85,86)90-66-71(78)65-89-95(83,84)91-69-72(93-76(81)63-59-55-51-47-41-27-23-19-15-11-7-3)67-87-74(79)61-57-53-49-45-43-39-37-32-30-26-22-18-14-10-6-2/h9-10,13-14,20-22,24-26,31-33,35-37,40,44,50,54,71-73,78H,5-8,11-12,15-19,23,27-30,34,38-39,41-43,45-49,51-53,55-70H2,1-4H3,(H,83,84)(H,85,86)/b13-9-,14-10-,24-20-,25-21-,26-22-,33-31-,36-35-,37-32-,44-40-,54-50-. The summed E-state index contributed by atoms with van der Waals surface area (Å²) in [6.45, 7) is 4.47. The molecule has 0 aliphatic carbocycles. The van der Waals surface area contributed by atoms with E-state index in [-0.39, 0.29) is 25.7 Å². The van der Waals surface area contributed by atoms with Gasteiger partial charge in [0.05, 0.1) is 26.4 Å². The summed E-state index contributed by atoms with van der Waals surface area (Å²) in [5, 5.41) is 10.6. The molecule has 0 aromatic carbocycles. The molecule has 0 bridgehead atoms. The van der Waals surface area contributed by atoms with Gasteiger partial charge < -0.3 is 33.8 Å². The molecule has 0 spiro atoms. The van der Waals surface area contributed by atoms with Crippen molar-refractivity contribution in [3.8, 4) is 0 Å². The number of allylic oxidation sites excluding steroid dienone is 20. The number of rotatable bonds is 68. The highest BCUT2D eigenvalue weighted by molar-refractivity contribution is 7.47. The van der Waals surface area contributed by atoms with Gasteiger partial charge >= 0.3 is 39.5 Å². The molecule has 3 N–H and O–H groups in total. The molecule has 0 rings (SSSR count). The summed E-state index contributed by atoms with van der Waals surface area (Å²) < 4.78 is 68.2. The number of unbranched alkanes of at least 4 members (excludes halogenated alkanes) is 22. The monoisotopic (exact) mass is 1390 g/mol. The Morgan fingerprint density at radius 1 is 0.302 bits per heavy atom. The maximum absolute atomic E-state index is 13.0. The fraction of sp³-hybridized carbons (Fsp3) is 0.688. The van der Waals surface area contributed by atoms with E-state index in [9.17, 15) is 43.2 Å². The molecule has 550 valence electrons. The first-order chi connectivity index (χ1) is 46.7. The Bertz CT molecular complexity index is 2300. The molecule has 0 amide bonds. The van der Waals surface area contributed by atoms with Crippen LogP contribution in [0.4, 0.5) is 0 Å². The summed E-state index contributed by atoms with van der Waals surface area (Å²) in [5.74, 6) is -2.30. The fourth-order valence-corrected chi connectivity index (χ4v) is 10.9. The van der Waals surface area contributed by atoms with E-state index in [0.717, 1.165) is 148 Å². The highest BCUT2D eigenvalue weighted by Crippen LogP contribution is 2.45. The van der Waals surface area contributed by atoms with E-state index in [1.165, 1.54) is 51.4 Å². The molecule has 0 aliphatic rings. The first-order valence-electron chi connectivity index (χ1n) is 36.8. The molecule has 96 heavy (non-hydrogen) atoms. The van der Waals surface area contributed by atoms with Crippen LogP contribution in [-0.2, 0) is 65.4 Å². The molecule has 0 fully saturated rings. The summed E-state index contributed by atoms with van der Waals surface area (Å²) in [5.41, 5.74) is 0. The van der Waals surface area contributed by atoms with Crippen molar-refractivity contribution in [1.29, 1.82) is 0 Å². The van der Waals surface area contributed by atoms with Crippen LogP contribution in [0.3, 0.4) is 0 Å². The highest BCUT2D eigenvalue weighted by Gasteiger charge is 2.30. The average molecular weight is 1390 g/mol. The molecule has 5 atom stereocenters. The third kappa shape index (κ3) is 68.0. The number of phosphoric acid groups is 2. The van der Waals surface area contributed by atoms with Crippen molar-refractivity contribution >= 4 is 39.5 Å². The lowest BCUT2D eigenvalue weighted by molar-refractivity contribution is -0.161. The SMILES string of the molecule is CC/C=C\C/C=C\C/C=C\C/C=C\C/C=C\C/C=C\CCC(=O)OCC(COP(=O)(O)OCC(O)COP(=O)(O)OCC(COC(=O)CCCCCCC/C=C\C/C=C\C/C=C\CC)OC(=O)CCCCCCCCCCCCC)OC(=O)CCCCCCC/C=C\CCCC. The van der Waals surface area contributed by atoms with Crippen LogP contribution in [0.1, 0.15) is 285 Å². The number of esters is 4. The highest BCUT2D eigenvalue weighted by atomic mass is 31.2. The van der Waals surface area contributed by atoms with E-state index < -0.39 is 97.5 Å². The summed E-state index contributed by atoms with van der Waals surface area (Å²) in [6, 6.07) is 0. The van der Waals surface area contributed by atoms with Crippen molar-refractivity contribution in [2.45, 2.75) is 303 Å². The predicted octanol–water partition coefficient (Wildman–Crippen LogP) is 20.8. The Morgan fingerprint density at radius 2 is 0.573 bits per heavy atom. The fourth-order valence-electron chi connectivity index (χ4n) is 9.36. The molecular weight excluding hydrogens is 1260 g/mol. The van der Waals surface area contributed by atoms with Gasteiger partial charge in [0.2, 0.25) is 0 Å². The zero-order valence-electron chi connectivity index (χ0n) is 59.8. The molecule has 0 aromatic rings. The normalized spacial score (nSPS) is 14.7. The van der Waals surface area contributed by atoms with Crippen LogP contribution >= 0.6 is 15.6 Å². The van der Waals surface area contributed by atoms with E-state index in [1.807, 2.05) is 18.2 Å². The second-order valence-electron chi connectivity index (χ2n) is 24.1. The van der Waals surface area contributed by atoms with Gasteiger partial charge in [-0.05, 0) is 116 Å². The lowest BCUT2D eigenvalue weighted by atomic mass is 10.1. The van der Waals surface area contributed by atoms with Crippen molar-refractivity contribution in [2.24, 2.45) is 0 Å². The van der Waals surface area contributed by atoms with E-state index in [2.05, 4.69) is 131 Å². The topological polar surface area (TPSA) is 237 Å². The maximum atomic E-state index is 13.0. The summed E-state index contributed by atoms with van der Waals surface area (Å²) in [4.78, 5) is 72.6. The largest absolute Gasteiger partial charge is 0.472 e. The van der Waals surface area contributed by atoms with Crippen molar-refractivity contribution in [2.75, 3.05) is 39.6 Å². The van der Waals surface area contributed by atoms with E-state index in [1.54, 1.807) is 0 Å². The van der Waals surface area contributed by atoms with Gasteiger partial charge in [0, 0.05) is 25.7 Å². The Morgan fingerprint density at radius 3 is 0.938 bits per heavy atom. The minimum atomic E-state index is -4.99. The van der Waals surface area contributed by atoms with Gasteiger partial charge in [0.15, 0.2) is 12.2 Å². The Kier molecular flexibility index (Phi) is 65.7. The van der Waals surface area contributed by atoms with Crippen molar-refractivity contribution < 1.29 is 80.2 Å². The molecule has 5 unspecified atom stereocenters. The van der Waals surface area contributed by atoms with E-state index in [0.29, 0.717) is 32.1 Å². The number of hydrogen-bond donors (Lipinski definition) is 3. The van der Waals surface area contributed by atoms with Crippen LogP contribution in [0.25, 0.3) is 0 Å². The number of hydrogen-bond acceptors (Lipinski definition) is 15. The number of phosphoric ester groups is 2. The molecule has 0 radical (unpaired) electrons. The molecule has 0 aromatic heterocycles. The Balaban J connectivity index is 5.36. The second-order valence-corrected chi connectivity index (χ2v) is 27.0. The minimum Gasteiger partial charge on any atom is -0.462 e. The maximum Gasteiger partial charge on any atom is 0.472 e. The van der Waals surface area contributed by atoms with Crippen LogP contribution in [-0.4, -0.2) is 96.7 Å². The molecule has 19 heteroatoms. The third-order valence-electron chi connectivity index (χ3n) is 14.9. The van der Waals surface area contributed by atoms with Gasteiger partial charge in [0.25, 0.3) is 0 Å². The summed E-state index contributed by atoms with van der Waals surface area (Å²) in [6.07, 6.45) is 73.7. The zero-order chi connectivity index (χ0) is 70.4. The van der Waals surface area contributed by atoms with E-state index >= 15 is 0 Å². The second kappa shape index (κ2) is 69.0. The van der Waals surface area contributed by atoms with Crippen molar-refractivity contribution in [3.63, 3.8) is 0 Å². The van der Waals surface area contributed by atoms with Gasteiger partial charge in [-0.1, -0.05) is 265 Å². The quantitative estimate of drug-likeness (QED) is 0.0169. The molecular formula is C77H130O17P2.